The zero-order valence-corrected chi connectivity index (χ0v) is 10.5. The number of aliphatic hydroxyl groups excluding tert-OH is 1. The van der Waals surface area contributed by atoms with E-state index in [9.17, 15) is 9.90 Å². The molecule has 1 aliphatic heterocycles. The largest absolute Gasteiger partial charge is 0.391 e. The van der Waals surface area contributed by atoms with Crippen LogP contribution in [0.4, 0.5) is 0 Å². The molecule has 1 aromatic carbocycles. The molecule has 0 spiro atoms. The molecule has 1 heterocycles. The molecular weight excluding hydrogens is 226 g/mol. The zero-order chi connectivity index (χ0) is 12.5. The summed E-state index contributed by atoms with van der Waals surface area (Å²) in [7, 11) is 0. The predicted octanol–water partition coefficient (Wildman–Crippen LogP) is 1.77. The van der Waals surface area contributed by atoms with Crippen LogP contribution in [0, 0.1) is 5.92 Å². The van der Waals surface area contributed by atoms with E-state index in [1.54, 1.807) is 0 Å². The highest BCUT2D eigenvalue weighted by atomic mass is 16.3. The van der Waals surface area contributed by atoms with E-state index >= 15 is 0 Å². The van der Waals surface area contributed by atoms with Gasteiger partial charge in [0.25, 0.3) is 0 Å². The van der Waals surface area contributed by atoms with Gasteiger partial charge in [0.15, 0.2) is 0 Å². The number of nitrogens with zero attached hydrogens (tertiary/aromatic N) is 1. The highest BCUT2D eigenvalue weighted by Gasteiger charge is 2.46. The maximum Gasteiger partial charge on any atom is 0.226 e. The van der Waals surface area contributed by atoms with Gasteiger partial charge in [-0.15, -0.1) is 0 Å². The Morgan fingerprint density at radius 2 is 2.06 bits per heavy atom. The molecule has 0 radical (unpaired) electrons. The van der Waals surface area contributed by atoms with Crippen molar-refractivity contribution >= 4 is 5.91 Å². The van der Waals surface area contributed by atoms with Gasteiger partial charge in [-0.3, -0.25) is 4.79 Å². The Bertz CT molecular complexity index is 431. The van der Waals surface area contributed by atoms with E-state index in [1.807, 2.05) is 23.1 Å². The fourth-order valence-corrected chi connectivity index (χ4v) is 2.93. The summed E-state index contributed by atoms with van der Waals surface area (Å²) in [5, 5.41) is 9.62. The number of rotatable bonds is 2. The van der Waals surface area contributed by atoms with Crippen molar-refractivity contribution in [1.82, 2.24) is 4.90 Å². The number of aliphatic hydroxyl groups is 1. The van der Waals surface area contributed by atoms with Crippen molar-refractivity contribution in [1.29, 1.82) is 0 Å². The Morgan fingerprint density at radius 3 is 2.78 bits per heavy atom. The van der Waals surface area contributed by atoms with Gasteiger partial charge in [0.05, 0.1) is 6.10 Å². The summed E-state index contributed by atoms with van der Waals surface area (Å²) in [5.41, 5.74) is 1.27. The SMILES string of the molecule is O=C(C1CC1c1ccccc1)N1CCC[C@H](O)C1. The van der Waals surface area contributed by atoms with E-state index in [0.29, 0.717) is 12.5 Å². The third kappa shape index (κ3) is 2.27. The molecule has 3 nitrogen and oxygen atoms in total. The van der Waals surface area contributed by atoms with Crippen LogP contribution in [0.2, 0.25) is 0 Å². The summed E-state index contributed by atoms with van der Waals surface area (Å²) in [6.45, 7) is 1.34. The van der Waals surface area contributed by atoms with Crippen LogP contribution in [0.25, 0.3) is 0 Å². The minimum absolute atomic E-state index is 0.151. The van der Waals surface area contributed by atoms with Crippen molar-refractivity contribution in [3.05, 3.63) is 35.9 Å². The number of β-amino-alcohol motifs (C(OH)–C–C–N with tert-alkyl or cyclic N) is 1. The third-order valence-corrected chi connectivity index (χ3v) is 4.04. The Hall–Kier alpha value is -1.35. The maximum absolute atomic E-state index is 12.3. The average molecular weight is 245 g/mol. The normalized spacial score (nSPS) is 31.2. The first kappa shape index (κ1) is 11.7. The second kappa shape index (κ2) is 4.73. The third-order valence-electron chi connectivity index (χ3n) is 4.04. The van der Waals surface area contributed by atoms with Crippen molar-refractivity contribution in [2.75, 3.05) is 13.1 Å². The molecule has 1 amide bonds. The van der Waals surface area contributed by atoms with Gasteiger partial charge in [-0.2, -0.15) is 0 Å². The topological polar surface area (TPSA) is 40.5 Å². The Balaban J connectivity index is 1.62. The number of amides is 1. The lowest BCUT2D eigenvalue weighted by molar-refractivity contribution is -0.135. The minimum atomic E-state index is -0.323. The summed E-state index contributed by atoms with van der Waals surface area (Å²) in [6, 6.07) is 10.3. The first-order valence-corrected chi connectivity index (χ1v) is 6.77. The van der Waals surface area contributed by atoms with Crippen molar-refractivity contribution in [2.24, 2.45) is 5.92 Å². The second-order valence-corrected chi connectivity index (χ2v) is 5.44. The molecule has 3 atom stereocenters. The molecule has 1 aliphatic carbocycles. The van der Waals surface area contributed by atoms with Gasteiger partial charge in [-0.1, -0.05) is 30.3 Å². The molecule has 0 aromatic heterocycles. The maximum atomic E-state index is 12.3. The van der Waals surface area contributed by atoms with Crippen LogP contribution in [0.3, 0.4) is 0 Å². The number of hydrogen-bond acceptors (Lipinski definition) is 2. The molecule has 3 heteroatoms. The van der Waals surface area contributed by atoms with Crippen molar-refractivity contribution < 1.29 is 9.90 Å². The lowest BCUT2D eigenvalue weighted by atomic mass is 10.1. The van der Waals surface area contributed by atoms with Crippen LogP contribution < -0.4 is 0 Å². The summed E-state index contributed by atoms with van der Waals surface area (Å²) < 4.78 is 0. The summed E-state index contributed by atoms with van der Waals surface area (Å²) in [5.74, 6) is 0.790. The molecule has 96 valence electrons. The number of piperidine rings is 1. The van der Waals surface area contributed by atoms with Gasteiger partial charge in [0, 0.05) is 19.0 Å². The number of carbonyl (C=O) groups excluding carboxylic acids is 1. The van der Waals surface area contributed by atoms with Crippen LogP contribution >= 0.6 is 0 Å². The molecule has 1 N–H and O–H groups in total. The molecule has 1 aromatic rings. The average Bonchev–Trinajstić information content (AvgIpc) is 3.19. The predicted molar refractivity (Wildman–Crippen MR) is 69.1 cm³/mol. The van der Waals surface area contributed by atoms with Crippen LogP contribution in [0.1, 0.15) is 30.7 Å². The first-order valence-electron chi connectivity index (χ1n) is 6.77. The summed E-state index contributed by atoms with van der Waals surface area (Å²) >= 11 is 0. The molecule has 2 aliphatic rings. The Kier molecular flexibility index (Phi) is 3.08. The standard InChI is InChI=1S/C15H19NO2/c17-12-7-4-8-16(10-12)15(18)14-9-13(14)11-5-2-1-3-6-11/h1-3,5-6,12-14,17H,4,7-10H2/t12-,13?,14?/m0/s1. The van der Waals surface area contributed by atoms with Crippen LogP contribution in [-0.4, -0.2) is 35.1 Å². The van der Waals surface area contributed by atoms with Gasteiger partial charge in [-0.05, 0) is 30.7 Å². The number of hydrogen-bond donors (Lipinski definition) is 1. The molecule has 1 saturated carbocycles. The van der Waals surface area contributed by atoms with E-state index in [0.717, 1.165) is 25.8 Å². The van der Waals surface area contributed by atoms with Crippen LogP contribution in [-0.2, 0) is 4.79 Å². The second-order valence-electron chi connectivity index (χ2n) is 5.44. The van der Waals surface area contributed by atoms with E-state index in [1.165, 1.54) is 5.56 Å². The molecule has 3 rings (SSSR count). The van der Waals surface area contributed by atoms with E-state index in [2.05, 4.69) is 12.1 Å². The van der Waals surface area contributed by atoms with Gasteiger partial charge >= 0.3 is 0 Å². The van der Waals surface area contributed by atoms with Gasteiger partial charge in [0.1, 0.15) is 0 Å². The smallest absolute Gasteiger partial charge is 0.226 e. The Labute approximate surface area is 107 Å². The van der Waals surface area contributed by atoms with Crippen LogP contribution in [0.5, 0.6) is 0 Å². The molecule has 1 saturated heterocycles. The van der Waals surface area contributed by atoms with E-state index in [4.69, 9.17) is 0 Å². The van der Waals surface area contributed by atoms with E-state index < -0.39 is 0 Å². The first-order chi connectivity index (χ1) is 8.75. The van der Waals surface area contributed by atoms with Crippen molar-refractivity contribution in [3.8, 4) is 0 Å². The number of benzene rings is 1. The number of likely N-dealkylation sites (tertiary alicyclic amines) is 1. The molecule has 0 bridgehead atoms. The van der Waals surface area contributed by atoms with Gasteiger partial charge < -0.3 is 10.0 Å². The lowest BCUT2D eigenvalue weighted by Crippen LogP contribution is -2.43. The molecule has 2 fully saturated rings. The van der Waals surface area contributed by atoms with Gasteiger partial charge in [0.2, 0.25) is 5.91 Å². The monoisotopic (exact) mass is 245 g/mol. The summed E-state index contributed by atoms with van der Waals surface area (Å²) in [6.07, 6.45) is 2.40. The fraction of sp³-hybridized carbons (Fsp3) is 0.533. The van der Waals surface area contributed by atoms with E-state index in [-0.39, 0.29) is 17.9 Å². The molecular formula is C15H19NO2. The number of carbonyl (C=O) groups is 1. The summed E-state index contributed by atoms with van der Waals surface area (Å²) in [4.78, 5) is 14.2. The van der Waals surface area contributed by atoms with Crippen LogP contribution in [0.15, 0.2) is 30.3 Å². The zero-order valence-electron chi connectivity index (χ0n) is 10.5. The lowest BCUT2D eigenvalue weighted by Gasteiger charge is -2.30. The fourth-order valence-electron chi connectivity index (χ4n) is 2.93. The van der Waals surface area contributed by atoms with Crippen molar-refractivity contribution in [3.63, 3.8) is 0 Å². The highest BCUT2D eigenvalue weighted by molar-refractivity contribution is 5.83. The highest BCUT2D eigenvalue weighted by Crippen LogP contribution is 2.48. The minimum Gasteiger partial charge on any atom is -0.391 e. The van der Waals surface area contributed by atoms with Gasteiger partial charge in [-0.25, -0.2) is 0 Å². The molecule has 2 unspecified atom stereocenters. The Morgan fingerprint density at radius 1 is 1.28 bits per heavy atom. The molecule has 18 heavy (non-hydrogen) atoms. The van der Waals surface area contributed by atoms with Crippen molar-refractivity contribution in [2.45, 2.75) is 31.3 Å². The quantitative estimate of drug-likeness (QED) is 0.862.